The van der Waals surface area contributed by atoms with Gasteiger partial charge in [-0.3, -0.25) is 9.69 Å². The van der Waals surface area contributed by atoms with E-state index in [9.17, 15) is 9.59 Å². The van der Waals surface area contributed by atoms with Crippen molar-refractivity contribution in [2.24, 2.45) is 0 Å². The number of hydrogen-bond donors (Lipinski definition) is 1. The van der Waals surface area contributed by atoms with Gasteiger partial charge in [0, 0.05) is 6.08 Å². The Kier molecular flexibility index (Phi) is 9.15. The minimum atomic E-state index is -0.571. The SMILES string of the molecule is COc1cc(/C=C/C(=O)N(C(=O)N[C@@H](C)c2cccc3ccccc23)C(C)c2cccc3ccccc23)cc(OC)c1OC. The molecule has 224 valence electrons. The molecule has 0 heterocycles. The van der Waals surface area contributed by atoms with E-state index in [-0.39, 0.29) is 6.04 Å². The Balaban J connectivity index is 1.51. The molecule has 0 saturated carbocycles. The van der Waals surface area contributed by atoms with Crippen LogP contribution >= 0.6 is 0 Å². The molecule has 5 aromatic carbocycles. The third-order valence-electron chi connectivity index (χ3n) is 7.85. The fourth-order valence-corrected chi connectivity index (χ4v) is 5.63. The molecular weight excluding hydrogens is 552 g/mol. The molecular formula is C37H36N2O5. The maximum atomic E-state index is 14.1. The third-order valence-corrected chi connectivity index (χ3v) is 7.85. The molecule has 7 nitrogen and oxygen atoms in total. The summed E-state index contributed by atoms with van der Waals surface area (Å²) < 4.78 is 16.4. The van der Waals surface area contributed by atoms with Crippen molar-refractivity contribution in [1.82, 2.24) is 10.2 Å². The van der Waals surface area contributed by atoms with E-state index in [1.54, 1.807) is 18.2 Å². The minimum absolute atomic E-state index is 0.359. The molecule has 7 heteroatoms. The molecule has 1 N–H and O–H groups in total. The number of benzene rings is 5. The van der Waals surface area contributed by atoms with Crippen LogP contribution in [0.1, 0.15) is 42.6 Å². The van der Waals surface area contributed by atoms with E-state index in [1.807, 2.05) is 98.8 Å². The van der Waals surface area contributed by atoms with Gasteiger partial charge < -0.3 is 19.5 Å². The molecule has 5 rings (SSSR count). The minimum Gasteiger partial charge on any atom is -0.493 e. The molecule has 0 saturated heterocycles. The fraction of sp³-hybridized carbons (Fsp3) is 0.189. The van der Waals surface area contributed by atoms with Crippen molar-refractivity contribution < 1.29 is 23.8 Å². The summed E-state index contributed by atoms with van der Waals surface area (Å²) in [5.41, 5.74) is 2.48. The summed E-state index contributed by atoms with van der Waals surface area (Å²) in [4.78, 5) is 29.3. The predicted octanol–water partition coefficient (Wildman–Crippen LogP) is 8.09. The highest BCUT2D eigenvalue weighted by Gasteiger charge is 2.29. The van der Waals surface area contributed by atoms with Crippen molar-refractivity contribution in [3.8, 4) is 17.2 Å². The number of amides is 3. The van der Waals surface area contributed by atoms with E-state index in [0.29, 0.717) is 22.8 Å². The van der Waals surface area contributed by atoms with Gasteiger partial charge in [0.1, 0.15) is 0 Å². The largest absolute Gasteiger partial charge is 0.493 e. The van der Waals surface area contributed by atoms with Crippen LogP contribution in [-0.2, 0) is 4.79 Å². The lowest BCUT2D eigenvalue weighted by Crippen LogP contribution is -2.45. The van der Waals surface area contributed by atoms with Gasteiger partial charge >= 0.3 is 6.03 Å². The maximum Gasteiger partial charge on any atom is 0.325 e. The highest BCUT2D eigenvalue weighted by molar-refractivity contribution is 6.03. The first kappa shape index (κ1) is 30.2. The van der Waals surface area contributed by atoms with E-state index < -0.39 is 18.0 Å². The number of imide groups is 1. The Morgan fingerprint density at radius 3 is 1.80 bits per heavy atom. The summed E-state index contributed by atoms with van der Waals surface area (Å²) in [7, 11) is 4.60. The number of carbonyl (C=O) groups excluding carboxylic acids is 2. The second kappa shape index (κ2) is 13.3. The third kappa shape index (κ3) is 6.08. The highest BCUT2D eigenvalue weighted by atomic mass is 16.5. The number of methoxy groups -OCH3 is 3. The zero-order valence-corrected chi connectivity index (χ0v) is 25.5. The van der Waals surface area contributed by atoms with Gasteiger partial charge in [0.25, 0.3) is 5.91 Å². The summed E-state index contributed by atoms with van der Waals surface area (Å²) >= 11 is 0. The van der Waals surface area contributed by atoms with Gasteiger partial charge in [-0.25, -0.2) is 4.79 Å². The van der Waals surface area contributed by atoms with Gasteiger partial charge in [0.05, 0.1) is 33.4 Å². The molecule has 0 aliphatic carbocycles. The molecule has 0 radical (unpaired) electrons. The van der Waals surface area contributed by atoms with Crippen molar-refractivity contribution in [1.29, 1.82) is 0 Å². The second-order valence-electron chi connectivity index (χ2n) is 10.5. The van der Waals surface area contributed by atoms with Crippen LogP contribution in [0.25, 0.3) is 27.6 Å². The molecule has 0 aromatic heterocycles. The Morgan fingerprint density at radius 2 is 1.23 bits per heavy atom. The summed E-state index contributed by atoms with van der Waals surface area (Å²) in [6, 6.07) is 30.0. The zero-order valence-electron chi connectivity index (χ0n) is 25.5. The maximum absolute atomic E-state index is 14.1. The summed E-state index contributed by atoms with van der Waals surface area (Å²) in [5.74, 6) is 0.899. The monoisotopic (exact) mass is 588 g/mol. The van der Waals surface area contributed by atoms with E-state index in [2.05, 4.69) is 5.32 Å². The predicted molar refractivity (Wildman–Crippen MR) is 175 cm³/mol. The number of nitrogens with one attached hydrogen (secondary N) is 1. The number of fused-ring (bicyclic) bond motifs is 2. The van der Waals surface area contributed by atoms with Crippen LogP contribution in [0.4, 0.5) is 4.79 Å². The molecule has 3 amide bonds. The van der Waals surface area contributed by atoms with Crippen molar-refractivity contribution in [2.45, 2.75) is 25.9 Å². The van der Waals surface area contributed by atoms with Crippen molar-refractivity contribution >= 4 is 39.6 Å². The normalized spacial score (nSPS) is 12.6. The molecule has 0 aliphatic rings. The second-order valence-corrected chi connectivity index (χ2v) is 10.5. The average Bonchev–Trinajstić information content (AvgIpc) is 3.06. The standard InChI is InChI=1S/C37H36N2O5/c1-24(29-18-10-14-27-12-6-8-16-31(27)29)38-37(41)39(25(2)30-19-11-15-28-13-7-9-17-32(28)30)35(40)21-20-26-22-33(42-3)36(44-5)34(23-26)43-4/h6-25H,1-5H3,(H,38,41)/b21-20+/t24-,25?/m0/s1. The summed E-state index contributed by atoms with van der Waals surface area (Å²) in [6.07, 6.45) is 3.03. The van der Waals surface area contributed by atoms with Crippen LogP contribution in [0.15, 0.2) is 103 Å². The lowest BCUT2D eigenvalue weighted by molar-refractivity contribution is -0.124. The van der Waals surface area contributed by atoms with E-state index >= 15 is 0 Å². The van der Waals surface area contributed by atoms with Gasteiger partial charge in [-0.05, 0) is 70.3 Å². The van der Waals surface area contributed by atoms with Gasteiger partial charge in [-0.2, -0.15) is 0 Å². The van der Waals surface area contributed by atoms with Gasteiger partial charge in [0.15, 0.2) is 11.5 Å². The number of nitrogens with zero attached hydrogens (tertiary/aromatic N) is 1. The Bertz CT molecular complexity index is 1810. The van der Waals surface area contributed by atoms with E-state index in [4.69, 9.17) is 14.2 Å². The molecule has 5 aromatic rings. The topological polar surface area (TPSA) is 77.1 Å². The highest BCUT2D eigenvalue weighted by Crippen LogP contribution is 2.38. The molecule has 0 bridgehead atoms. The van der Waals surface area contributed by atoms with Gasteiger partial charge in [-0.15, -0.1) is 0 Å². The van der Waals surface area contributed by atoms with Crippen LogP contribution in [0.2, 0.25) is 0 Å². The van der Waals surface area contributed by atoms with Crippen LogP contribution in [0.3, 0.4) is 0 Å². The Labute approximate surface area is 257 Å². The lowest BCUT2D eigenvalue weighted by Gasteiger charge is -2.29. The quantitative estimate of drug-likeness (QED) is 0.176. The molecule has 0 fully saturated rings. The summed E-state index contributed by atoms with van der Waals surface area (Å²) in [5, 5.41) is 7.23. The number of urea groups is 1. The number of ether oxygens (including phenoxy) is 3. The van der Waals surface area contributed by atoms with Gasteiger partial charge in [-0.1, -0.05) is 84.9 Å². The van der Waals surface area contributed by atoms with Crippen LogP contribution in [0, 0.1) is 0 Å². The molecule has 44 heavy (non-hydrogen) atoms. The van der Waals surface area contributed by atoms with Crippen LogP contribution in [-0.4, -0.2) is 38.2 Å². The first-order valence-corrected chi connectivity index (χ1v) is 14.4. The lowest BCUT2D eigenvalue weighted by atomic mass is 9.98. The molecule has 0 spiro atoms. The number of rotatable bonds is 9. The van der Waals surface area contributed by atoms with E-state index in [0.717, 1.165) is 32.7 Å². The number of hydrogen-bond acceptors (Lipinski definition) is 5. The van der Waals surface area contributed by atoms with Crippen LogP contribution < -0.4 is 19.5 Å². The van der Waals surface area contributed by atoms with E-state index in [1.165, 1.54) is 32.3 Å². The average molecular weight is 589 g/mol. The van der Waals surface area contributed by atoms with Crippen LogP contribution in [0.5, 0.6) is 17.2 Å². The van der Waals surface area contributed by atoms with Crippen molar-refractivity contribution in [3.63, 3.8) is 0 Å². The summed E-state index contributed by atoms with van der Waals surface area (Å²) in [6.45, 7) is 3.80. The van der Waals surface area contributed by atoms with Gasteiger partial charge in [0.2, 0.25) is 5.75 Å². The van der Waals surface area contributed by atoms with Crippen molar-refractivity contribution in [3.05, 3.63) is 120 Å². The molecule has 0 aliphatic heterocycles. The number of carbonyl (C=O) groups is 2. The Hall–Kier alpha value is -5.30. The molecule has 1 unspecified atom stereocenters. The zero-order chi connectivity index (χ0) is 31.2. The first-order chi connectivity index (χ1) is 21.4. The van der Waals surface area contributed by atoms with Crippen molar-refractivity contribution in [2.75, 3.05) is 21.3 Å². The smallest absolute Gasteiger partial charge is 0.325 e. The fourth-order valence-electron chi connectivity index (χ4n) is 5.63. The Morgan fingerprint density at radius 1 is 0.705 bits per heavy atom. The molecule has 2 atom stereocenters. The first-order valence-electron chi connectivity index (χ1n) is 14.4.